The number of H-pyrrole nitrogens is 1. The average molecular weight is 383 g/mol. The van der Waals surface area contributed by atoms with E-state index in [1.54, 1.807) is 6.20 Å². The molecule has 0 aliphatic heterocycles. The predicted octanol–water partition coefficient (Wildman–Crippen LogP) is 4.95. The lowest BCUT2D eigenvalue weighted by molar-refractivity contribution is -0.131. The van der Waals surface area contributed by atoms with Gasteiger partial charge >= 0.3 is 0 Å². The van der Waals surface area contributed by atoms with E-state index in [-0.39, 0.29) is 5.91 Å². The van der Waals surface area contributed by atoms with Gasteiger partial charge < -0.3 is 9.88 Å². The number of aromatic nitrogens is 2. The monoisotopic (exact) mass is 383 g/mol. The molecule has 0 bridgehead atoms. The fraction of sp³-hybridized carbons (Fsp3) is 0.200. The van der Waals surface area contributed by atoms with Crippen LogP contribution in [-0.2, 0) is 24.3 Å². The van der Waals surface area contributed by atoms with E-state index in [9.17, 15) is 4.79 Å². The fourth-order valence-electron chi connectivity index (χ4n) is 3.76. The third-order valence-corrected chi connectivity index (χ3v) is 5.43. The van der Waals surface area contributed by atoms with Crippen molar-refractivity contribution in [2.75, 3.05) is 0 Å². The van der Waals surface area contributed by atoms with E-state index >= 15 is 0 Å². The number of fused-ring (bicyclic) bond motifs is 1. The van der Waals surface area contributed by atoms with Gasteiger partial charge in [-0.2, -0.15) is 0 Å². The molecule has 0 atom stereocenters. The van der Waals surface area contributed by atoms with Gasteiger partial charge in [0, 0.05) is 42.1 Å². The molecule has 2 heterocycles. The summed E-state index contributed by atoms with van der Waals surface area (Å²) in [6.07, 6.45) is 3.96. The maximum atomic E-state index is 13.4. The Balaban J connectivity index is 1.63. The molecule has 2 aromatic heterocycles. The van der Waals surface area contributed by atoms with Crippen LogP contribution >= 0.6 is 0 Å². The second-order valence-corrected chi connectivity index (χ2v) is 7.49. The van der Waals surface area contributed by atoms with Crippen LogP contribution in [0.25, 0.3) is 10.9 Å². The van der Waals surface area contributed by atoms with Gasteiger partial charge in [-0.3, -0.25) is 9.78 Å². The summed E-state index contributed by atoms with van der Waals surface area (Å²) in [6.45, 7) is 5.26. The summed E-state index contributed by atoms with van der Waals surface area (Å²) in [5.74, 6) is 0.116. The maximum absolute atomic E-state index is 13.4. The summed E-state index contributed by atoms with van der Waals surface area (Å²) in [5.41, 5.74) is 6.60. The standard InChI is InChI=1S/C25H25N3O/c1-18-8-3-4-10-21(18)17-28(16-20-9-7-13-26-15-20)25(29)14-23-19(2)27-24-12-6-5-11-22(23)24/h3-13,15,27H,14,16-17H2,1-2H3. The summed E-state index contributed by atoms with van der Waals surface area (Å²) in [4.78, 5) is 23.0. The van der Waals surface area contributed by atoms with Crippen LogP contribution in [0.1, 0.15) is 27.9 Å². The van der Waals surface area contributed by atoms with Crippen LogP contribution in [0.2, 0.25) is 0 Å². The van der Waals surface area contributed by atoms with Crippen LogP contribution in [0.4, 0.5) is 0 Å². The molecule has 1 amide bonds. The van der Waals surface area contributed by atoms with Gasteiger partial charge in [0.15, 0.2) is 0 Å². The zero-order valence-electron chi connectivity index (χ0n) is 16.9. The van der Waals surface area contributed by atoms with Crippen LogP contribution in [0, 0.1) is 13.8 Å². The molecule has 0 unspecified atom stereocenters. The highest BCUT2D eigenvalue weighted by atomic mass is 16.2. The Bertz CT molecular complexity index is 1130. The predicted molar refractivity (Wildman–Crippen MR) is 116 cm³/mol. The number of hydrogen-bond acceptors (Lipinski definition) is 2. The molecule has 146 valence electrons. The van der Waals surface area contributed by atoms with Crippen molar-refractivity contribution in [2.45, 2.75) is 33.4 Å². The van der Waals surface area contributed by atoms with E-state index in [2.05, 4.69) is 41.2 Å². The van der Waals surface area contributed by atoms with Crippen molar-refractivity contribution in [1.82, 2.24) is 14.9 Å². The zero-order valence-corrected chi connectivity index (χ0v) is 16.9. The van der Waals surface area contributed by atoms with Crippen molar-refractivity contribution in [3.05, 3.63) is 101 Å². The van der Waals surface area contributed by atoms with Crippen LogP contribution in [0.15, 0.2) is 73.1 Å². The molecular weight excluding hydrogens is 358 g/mol. The molecule has 0 saturated heterocycles. The summed E-state index contributed by atoms with van der Waals surface area (Å²) >= 11 is 0. The molecular formula is C25H25N3O. The molecule has 4 heteroatoms. The number of aromatic amines is 1. The molecule has 0 fully saturated rings. The largest absolute Gasteiger partial charge is 0.358 e. The highest BCUT2D eigenvalue weighted by Crippen LogP contribution is 2.24. The number of nitrogens with zero attached hydrogens (tertiary/aromatic N) is 2. The van der Waals surface area contributed by atoms with Gasteiger partial charge in [-0.1, -0.05) is 48.5 Å². The van der Waals surface area contributed by atoms with Gasteiger partial charge in [0.25, 0.3) is 0 Å². The molecule has 0 radical (unpaired) electrons. The lowest BCUT2D eigenvalue weighted by Gasteiger charge is -2.24. The van der Waals surface area contributed by atoms with Crippen LogP contribution in [-0.4, -0.2) is 20.8 Å². The first kappa shape index (κ1) is 18.9. The van der Waals surface area contributed by atoms with E-state index in [0.29, 0.717) is 19.5 Å². The van der Waals surface area contributed by atoms with E-state index in [1.807, 2.05) is 54.4 Å². The molecule has 1 N–H and O–H groups in total. The van der Waals surface area contributed by atoms with Crippen molar-refractivity contribution in [1.29, 1.82) is 0 Å². The molecule has 0 saturated carbocycles. The number of amides is 1. The molecule has 4 aromatic rings. The van der Waals surface area contributed by atoms with E-state index in [4.69, 9.17) is 0 Å². The Morgan fingerprint density at radius 1 is 0.966 bits per heavy atom. The topological polar surface area (TPSA) is 49.0 Å². The number of nitrogens with one attached hydrogen (secondary N) is 1. The number of rotatable bonds is 6. The highest BCUT2D eigenvalue weighted by molar-refractivity contribution is 5.90. The quantitative estimate of drug-likeness (QED) is 0.512. The van der Waals surface area contributed by atoms with Gasteiger partial charge in [0.2, 0.25) is 5.91 Å². The SMILES string of the molecule is Cc1ccccc1CN(Cc1cccnc1)C(=O)Cc1c(C)[nH]c2ccccc12. The maximum Gasteiger partial charge on any atom is 0.227 e. The first-order chi connectivity index (χ1) is 14.1. The molecule has 29 heavy (non-hydrogen) atoms. The number of benzene rings is 2. The summed E-state index contributed by atoms with van der Waals surface area (Å²) in [7, 11) is 0. The number of carbonyl (C=O) groups excluding carboxylic acids is 1. The summed E-state index contributed by atoms with van der Waals surface area (Å²) in [6, 6.07) is 20.3. The van der Waals surface area contributed by atoms with Gasteiger partial charge in [-0.05, 0) is 48.2 Å². The van der Waals surface area contributed by atoms with Gasteiger partial charge in [-0.15, -0.1) is 0 Å². The Morgan fingerprint density at radius 2 is 1.76 bits per heavy atom. The number of aryl methyl sites for hydroxylation is 2. The molecule has 2 aromatic carbocycles. The normalized spacial score (nSPS) is 11.0. The minimum atomic E-state index is 0.116. The number of para-hydroxylation sites is 1. The van der Waals surface area contributed by atoms with Crippen molar-refractivity contribution in [3.63, 3.8) is 0 Å². The Hall–Kier alpha value is -3.40. The van der Waals surface area contributed by atoms with Gasteiger partial charge in [0.05, 0.1) is 6.42 Å². The van der Waals surface area contributed by atoms with Crippen molar-refractivity contribution >= 4 is 16.8 Å². The van der Waals surface area contributed by atoms with Crippen LogP contribution in [0.5, 0.6) is 0 Å². The molecule has 4 rings (SSSR count). The van der Waals surface area contributed by atoms with Crippen molar-refractivity contribution < 1.29 is 4.79 Å². The van der Waals surface area contributed by atoms with Crippen LogP contribution in [0.3, 0.4) is 0 Å². The Labute approximate surface area is 171 Å². The second-order valence-electron chi connectivity index (χ2n) is 7.49. The number of carbonyl (C=O) groups is 1. The van der Waals surface area contributed by atoms with Crippen molar-refractivity contribution in [2.24, 2.45) is 0 Å². The Morgan fingerprint density at radius 3 is 2.55 bits per heavy atom. The molecule has 0 aliphatic rings. The molecule has 0 spiro atoms. The van der Waals surface area contributed by atoms with E-state index in [0.717, 1.165) is 27.7 Å². The Kier molecular flexibility index (Phi) is 5.43. The first-order valence-electron chi connectivity index (χ1n) is 9.89. The first-order valence-corrected chi connectivity index (χ1v) is 9.89. The van der Waals surface area contributed by atoms with E-state index in [1.165, 1.54) is 11.1 Å². The van der Waals surface area contributed by atoms with Gasteiger partial charge in [0.1, 0.15) is 0 Å². The molecule has 4 nitrogen and oxygen atoms in total. The third-order valence-electron chi connectivity index (χ3n) is 5.43. The second kappa shape index (κ2) is 8.31. The average Bonchev–Trinajstić information content (AvgIpc) is 3.05. The summed E-state index contributed by atoms with van der Waals surface area (Å²) in [5, 5.41) is 1.12. The smallest absolute Gasteiger partial charge is 0.227 e. The lowest BCUT2D eigenvalue weighted by Crippen LogP contribution is -2.31. The minimum Gasteiger partial charge on any atom is -0.358 e. The summed E-state index contributed by atoms with van der Waals surface area (Å²) < 4.78 is 0. The number of pyridine rings is 1. The lowest BCUT2D eigenvalue weighted by atomic mass is 10.1. The van der Waals surface area contributed by atoms with Crippen molar-refractivity contribution in [3.8, 4) is 0 Å². The van der Waals surface area contributed by atoms with E-state index < -0.39 is 0 Å². The molecule has 0 aliphatic carbocycles. The number of hydrogen-bond donors (Lipinski definition) is 1. The fourth-order valence-corrected chi connectivity index (χ4v) is 3.76. The van der Waals surface area contributed by atoms with Gasteiger partial charge in [-0.25, -0.2) is 0 Å². The highest BCUT2D eigenvalue weighted by Gasteiger charge is 2.19. The third kappa shape index (κ3) is 4.21. The zero-order chi connectivity index (χ0) is 20.2. The van der Waals surface area contributed by atoms with Crippen LogP contribution < -0.4 is 0 Å². The minimum absolute atomic E-state index is 0.116.